The van der Waals surface area contributed by atoms with Gasteiger partial charge in [-0.15, -0.1) is 0 Å². The smallest absolute Gasteiger partial charge is 0.333 e. The highest BCUT2D eigenvalue weighted by molar-refractivity contribution is 5.87. The van der Waals surface area contributed by atoms with Gasteiger partial charge in [-0.05, 0) is 55.3 Å². The highest BCUT2D eigenvalue weighted by Gasteiger charge is 2.30. The molecule has 2 aromatic carbocycles. The number of fused-ring (bicyclic) bond motifs is 1. The Hall–Kier alpha value is -4.58. The molecule has 176 valence electrons. The van der Waals surface area contributed by atoms with Gasteiger partial charge >= 0.3 is 5.69 Å². The van der Waals surface area contributed by atoms with E-state index in [0.717, 1.165) is 18.6 Å². The van der Waals surface area contributed by atoms with Crippen molar-refractivity contribution in [1.29, 1.82) is 5.26 Å². The van der Waals surface area contributed by atoms with Crippen molar-refractivity contribution in [3.8, 4) is 23.3 Å². The highest BCUT2D eigenvalue weighted by atomic mass is 16.5. The molecule has 0 aliphatic carbocycles. The zero-order valence-electron chi connectivity index (χ0n) is 19.0. The molecule has 1 fully saturated rings. The van der Waals surface area contributed by atoms with E-state index >= 15 is 0 Å². The summed E-state index contributed by atoms with van der Waals surface area (Å²) in [5.74, 6) is 1.39. The largest absolute Gasteiger partial charge is 0.457 e. The van der Waals surface area contributed by atoms with E-state index in [2.05, 4.69) is 4.98 Å². The molecule has 0 bridgehead atoms. The Balaban J connectivity index is 1.51. The molecule has 9 heteroatoms. The Bertz CT molecular complexity index is 1470. The highest BCUT2D eigenvalue weighted by Crippen LogP contribution is 2.27. The minimum atomic E-state index is -0.268. The van der Waals surface area contributed by atoms with Crippen LogP contribution in [0.3, 0.4) is 0 Å². The molecular formula is C26H24N6O3. The van der Waals surface area contributed by atoms with E-state index in [-0.39, 0.29) is 29.9 Å². The van der Waals surface area contributed by atoms with Gasteiger partial charge < -0.3 is 15.4 Å². The number of benzene rings is 2. The van der Waals surface area contributed by atoms with E-state index < -0.39 is 0 Å². The van der Waals surface area contributed by atoms with Crippen LogP contribution in [0.5, 0.6) is 11.5 Å². The Kier molecular flexibility index (Phi) is 5.94. The lowest BCUT2D eigenvalue weighted by atomic mass is 10.2. The fourth-order valence-corrected chi connectivity index (χ4v) is 4.66. The van der Waals surface area contributed by atoms with Crippen molar-refractivity contribution >= 4 is 22.8 Å². The number of carbonyl (C=O) groups excluding carboxylic acids is 1. The Morgan fingerprint density at radius 2 is 1.86 bits per heavy atom. The summed E-state index contributed by atoms with van der Waals surface area (Å²) in [5, 5.41) is 8.93. The molecule has 1 aliphatic heterocycles. The first-order chi connectivity index (χ1) is 17.1. The van der Waals surface area contributed by atoms with Gasteiger partial charge in [0.1, 0.15) is 29.3 Å². The molecule has 5 rings (SSSR count). The molecule has 3 heterocycles. The molecule has 4 aromatic rings. The minimum absolute atomic E-state index is 0.163. The molecule has 0 saturated carbocycles. The van der Waals surface area contributed by atoms with Gasteiger partial charge in [0, 0.05) is 25.3 Å². The number of para-hydroxylation sites is 1. The SMILES string of the molecule is N#CCC(=O)N1CCC[C@H]1Cn1c(=O)n(-c2ccc(Oc3ccccc3)cc2)c2c(N)nccc21. The lowest BCUT2D eigenvalue weighted by molar-refractivity contribution is -0.131. The molecule has 0 spiro atoms. The standard InChI is InChI=1S/C26H24N6O3/c27-14-12-23(33)30-16-4-5-19(30)17-31-22-13-15-29-25(28)24(22)32(26(31)34)18-8-10-21(11-9-18)35-20-6-2-1-3-7-20/h1-3,6-11,13,15,19H,4-5,12,16-17H2,(H2,28,29)/t19-/m0/s1. The van der Waals surface area contributed by atoms with Gasteiger partial charge in [-0.3, -0.25) is 13.9 Å². The van der Waals surface area contributed by atoms with E-state index in [0.29, 0.717) is 35.6 Å². The number of pyridine rings is 1. The topological polar surface area (TPSA) is 119 Å². The van der Waals surface area contributed by atoms with Gasteiger partial charge in [-0.2, -0.15) is 5.26 Å². The summed E-state index contributed by atoms with van der Waals surface area (Å²) in [6, 6.07) is 20.2. The van der Waals surface area contributed by atoms with Crippen LogP contribution in [0.25, 0.3) is 16.7 Å². The first-order valence-corrected chi connectivity index (χ1v) is 11.4. The average molecular weight is 469 g/mol. The molecule has 0 radical (unpaired) electrons. The number of nitrogens with zero attached hydrogens (tertiary/aromatic N) is 5. The summed E-state index contributed by atoms with van der Waals surface area (Å²) in [5.41, 5.74) is 7.74. The predicted molar refractivity (Wildman–Crippen MR) is 131 cm³/mol. The van der Waals surface area contributed by atoms with E-state index in [4.69, 9.17) is 15.7 Å². The van der Waals surface area contributed by atoms with Crippen LogP contribution in [0.4, 0.5) is 5.82 Å². The van der Waals surface area contributed by atoms with Crippen molar-refractivity contribution in [3.05, 3.63) is 77.3 Å². The number of carbonyl (C=O) groups is 1. The number of hydrogen-bond donors (Lipinski definition) is 1. The number of ether oxygens (including phenoxy) is 1. The van der Waals surface area contributed by atoms with E-state index in [1.165, 1.54) is 0 Å². The number of aromatic nitrogens is 3. The number of likely N-dealkylation sites (tertiary alicyclic amines) is 1. The van der Waals surface area contributed by atoms with E-state index in [1.807, 2.05) is 36.4 Å². The number of nitriles is 1. The molecular weight excluding hydrogens is 444 g/mol. The molecule has 1 amide bonds. The Labute approximate surface area is 201 Å². The second-order valence-corrected chi connectivity index (χ2v) is 8.42. The van der Waals surface area contributed by atoms with Gasteiger partial charge in [0.15, 0.2) is 0 Å². The summed E-state index contributed by atoms with van der Waals surface area (Å²) in [6.45, 7) is 0.906. The fraction of sp³-hybridized carbons (Fsp3) is 0.231. The van der Waals surface area contributed by atoms with E-state index in [9.17, 15) is 9.59 Å². The minimum Gasteiger partial charge on any atom is -0.457 e. The van der Waals surface area contributed by atoms with Crippen molar-refractivity contribution in [3.63, 3.8) is 0 Å². The molecule has 2 aromatic heterocycles. The maximum atomic E-state index is 13.7. The van der Waals surface area contributed by atoms with Crippen LogP contribution in [0.15, 0.2) is 71.7 Å². The molecule has 1 aliphatic rings. The zero-order valence-corrected chi connectivity index (χ0v) is 19.0. The van der Waals surface area contributed by atoms with Crippen molar-refractivity contribution < 1.29 is 9.53 Å². The third-order valence-electron chi connectivity index (χ3n) is 6.26. The normalized spacial score (nSPS) is 15.3. The van der Waals surface area contributed by atoms with Crippen molar-refractivity contribution in [1.82, 2.24) is 19.0 Å². The summed E-state index contributed by atoms with van der Waals surface area (Å²) >= 11 is 0. The van der Waals surface area contributed by atoms with Crippen LogP contribution in [0.2, 0.25) is 0 Å². The van der Waals surface area contributed by atoms with Crippen molar-refractivity contribution in [2.24, 2.45) is 0 Å². The van der Waals surface area contributed by atoms with Gasteiger partial charge in [0.05, 0.1) is 17.3 Å². The van der Waals surface area contributed by atoms with Crippen molar-refractivity contribution in [2.75, 3.05) is 12.3 Å². The molecule has 2 N–H and O–H groups in total. The number of nitrogens with two attached hydrogens (primary N) is 1. The molecule has 35 heavy (non-hydrogen) atoms. The fourth-order valence-electron chi connectivity index (χ4n) is 4.66. The maximum Gasteiger partial charge on any atom is 0.333 e. The number of imidazole rings is 1. The number of rotatable bonds is 6. The van der Waals surface area contributed by atoms with Crippen LogP contribution < -0.4 is 16.2 Å². The van der Waals surface area contributed by atoms with Gasteiger partial charge in [-0.25, -0.2) is 9.78 Å². The van der Waals surface area contributed by atoms with Crippen LogP contribution in [-0.2, 0) is 11.3 Å². The van der Waals surface area contributed by atoms with Crippen LogP contribution >= 0.6 is 0 Å². The second kappa shape index (κ2) is 9.35. The number of amides is 1. The van der Waals surface area contributed by atoms with Gasteiger partial charge in [0.25, 0.3) is 0 Å². The van der Waals surface area contributed by atoms with Crippen molar-refractivity contribution in [2.45, 2.75) is 31.8 Å². The summed E-state index contributed by atoms with van der Waals surface area (Å²) < 4.78 is 9.05. The number of anilines is 1. The first-order valence-electron chi connectivity index (χ1n) is 11.4. The third kappa shape index (κ3) is 4.22. The predicted octanol–water partition coefficient (Wildman–Crippen LogP) is 3.47. The third-order valence-corrected chi connectivity index (χ3v) is 6.26. The van der Waals surface area contributed by atoms with Crippen LogP contribution in [0.1, 0.15) is 19.3 Å². The summed E-state index contributed by atoms with van der Waals surface area (Å²) in [7, 11) is 0. The number of nitrogen functional groups attached to an aromatic ring is 1. The number of hydrogen-bond acceptors (Lipinski definition) is 6. The zero-order chi connectivity index (χ0) is 24.4. The van der Waals surface area contributed by atoms with Crippen LogP contribution in [-0.4, -0.2) is 37.5 Å². The molecule has 1 atom stereocenters. The average Bonchev–Trinajstić information content (AvgIpc) is 3.44. The quantitative estimate of drug-likeness (QED) is 0.463. The second-order valence-electron chi connectivity index (χ2n) is 8.42. The Morgan fingerprint density at radius 3 is 2.60 bits per heavy atom. The summed E-state index contributed by atoms with van der Waals surface area (Å²) in [6.07, 6.45) is 3.01. The first kappa shape index (κ1) is 22.2. The van der Waals surface area contributed by atoms with Gasteiger partial charge in [0.2, 0.25) is 5.91 Å². The lowest BCUT2D eigenvalue weighted by Gasteiger charge is -2.24. The summed E-state index contributed by atoms with van der Waals surface area (Å²) in [4.78, 5) is 32.0. The lowest BCUT2D eigenvalue weighted by Crippen LogP contribution is -2.39. The van der Waals surface area contributed by atoms with E-state index in [1.54, 1.807) is 50.6 Å². The van der Waals surface area contributed by atoms with Gasteiger partial charge in [-0.1, -0.05) is 18.2 Å². The van der Waals surface area contributed by atoms with Crippen LogP contribution in [0, 0.1) is 11.3 Å². The molecule has 1 saturated heterocycles. The molecule has 0 unspecified atom stereocenters. The monoisotopic (exact) mass is 468 g/mol. The molecule has 9 nitrogen and oxygen atoms in total. The Morgan fingerprint density at radius 1 is 1.11 bits per heavy atom. The maximum absolute atomic E-state index is 13.7.